The van der Waals surface area contributed by atoms with E-state index >= 15 is 0 Å². The molecule has 1 aliphatic rings. The Balaban J connectivity index is 0.970. The number of fused-ring (bicyclic) bond motifs is 4. The van der Waals surface area contributed by atoms with Crippen molar-refractivity contribution in [1.29, 1.82) is 0 Å². The normalized spacial score (nSPS) is 15.4. The lowest BCUT2D eigenvalue weighted by molar-refractivity contribution is 0.327. The molecule has 1 unspecified atom stereocenters. The molecule has 0 heterocycles. The van der Waals surface area contributed by atoms with E-state index in [0.29, 0.717) is 17.9 Å². The van der Waals surface area contributed by atoms with Crippen LogP contribution in [0.2, 0.25) is 0 Å². The topological polar surface area (TPSA) is 64.9 Å². The Morgan fingerprint density at radius 3 is 1.47 bits per heavy atom. The van der Waals surface area contributed by atoms with Crippen LogP contribution in [0.4, 0.5) is 0 Å². The van der Waals surface area contributed by atoms with Gasteiger partial charge in [-0.15, -0.1) is 0 Å². The van der Waals surface area contributed by atoms with Gasteiger partial charge in [-0.2, -0.15) is 0 Å². The van der Waals surface area contributed by atoms with Crippen molar-refractivity contribution in [3.63, 3.8) is 0 Å². The zero-order valence-electron chi connectivity index (χ0n) is 35.6. The SMILES string of the molecule is Oc1c(C=N[C@H]2CCCCC2NCc2cc3ccccc3c(-c3c(-c4ccccc4)ccc4ccccc34)c2O)cc2ccccc2c1-c1c(-c2ccccc2)ccc2ccccc12. The molecule has 64 heavy (non-hydrogen) atoms. The summed E-state index contributed by atoms with van der Waals surface area (Å²) in [6.07, 6.45) is 5.99. The van der Waals surface area contributed by atoms with Crippen molar-refractivity contribution in [3.8, 4) is 56.0 Å². The predicted molar refractivity (Wildman–Crippen MR) is 268 cm³/mol. The molecule has 0 bridgehead atoms. The largest absolute Gasteiger partial charge is 0.507 e. The molecule has 10 aromatic rings. The Kier molecular flexibility index (Phi) is 10.4. The van der Waals surface area contributed by atoms with Gasteiger partial charge in [-0.25, -0.2) is 0 Å². The van der Waals surface area contributed by atoms with Crippen LogP contribution in [0, 0.1) is 0 Å². The van der Waals surface area contributed by atoms with Crippen molar-refractivity contribution in [2.24, 2.45) is 4.99 Å². The van der Waals surface area contributed by atoms with Crippen LogP contribution in [-0.2, 0) is 6.54 Å². The van der Waals surface area contributed by atoms with Crippen molar-refractivity contribution in [3.05, 3.63) is 205 Å². The molecule has 0 saturated heterocycles. The first-order valence-corrected chi connectivity index (χ1v) is 22.5. The zero-order valence-corrected chi connectivity index (χ0v) is 35.6. The molecular formula is C60H48N2O2. The number of nitrogens with zero attached hydrogens (tertiary/aromatic N) is 1. The van der Waals surface area contributed by atoms with Gasteiger partial charge in [0.05, 0.1) is 6.04 Å². The first-order chi connectivity index (χ1) is 31.6. The molecule has 0 amide bonds. The standard InChI is InChI=1S/C60H48N2O2/c63-59-45(35-43-23-9-13-27-49(43)57(59)55-47-25-11-7-21-41(47)31-33-51(55)39-17-3-1-4-18-39)37-61-53-29-15-16-30-54(53)62-38-46-36-44-24-10-14-28-50(44)58(60(46)64)56-48-26-12-8-22-42(48)32-34-52(56)40-19-5-2-6-20-40/h1-14,17-28,31-37,53-54,62-64H,15-16,29-30,38H2/t53-,54?/m0/s1. The van der Waals surface area contributed by atoms with Crippen molar-refractivity contribution >= 4 is 49.3 Å². The van der Waals surface area contributed by atoms with E-state index < -0.39 is 0 Å². The number of aliphatic imine (C=N–C) groups is 1. The van der Waals surface area contributed by atoms with Gasteiger partial charge >= 0.3 is 0 Å². The fraction of sp³-hybridized carbons (Fsp3) is 0.117. The van der Waals surface area contributed by atoms with Gasteiger partial charge in [0.15, 0.2) is 0 Å². The van der Waals surface area contributed by atoms with Crippen LogP contribution in [0.1, 0.15) is 36.8 Å². The summed E-state index contributed by atoms with van der Waals surface area (Å²) >= 11 is 0. The molecule has 310 valence electrons. The van der Waals surface area contributed by atoms with Gasteiger partial charge < -0.3 is 15.5 Å². The molecular weight excluding hydrogens is 781 g/mol. The second kappa shape index (κ2) is 17.0. The highest BCUT2D eigenvalue weighted by molar-refractivity contribution is 6.15. The number of hydrogen-bond donors (Lipinski definition) is 3. The van der Waals surface area contributed by atoms with Gasteiger partial charge in [0.2, 0.25) is 0 Å². The van der Waals surface area contributed by atoms with E-state index in [2.05, 4.69) is 181 Å². The minimum atomic E-state index is -0.00896. The predicted octanol–water partition coefficient (Wildman–Crippen LogP) is 14.9. The van der Waals surface area contributed by atoms with Crippen molar-refractivity contribution in [2.75, 3.05) is 0 Å². The van der Waals surface area contributed by atoms with Crippen molar-refractivity contribution in [1.82, 2.24) is 5.32 Å². The number of aromatic hydroxyl groups is 2. The van der Waals surface area contributed by atoms with E-state index in [0.717, 1.165) is 119 Å². The maximum absolute atomic E-state index is 12.5. The molecule has 0 spiro atoms. The third kappa shape index (κ3) is 7.16. The maximum atomic E-state index is 12.5. The minimum absolute atomic E-state index is 0.00896. The lowest BCUT2D eigenvalue weighted by Crippen LogP contribution is -2.40. The molecule has 4 nitrogen and oxygen atoms in total. The van der Waals surface area contributed by atoms with E-state index in [4.69, 9.17) is 4.99 Å². The molecule has 2 atom stereocenters. The molecule has 1 saturated carbocycles. The lowest BCUT2D eigenvalue weighted by atomic mass is 9.85. The monoisotopic (exact) mass is 828 g/mol. The quantitative estimate of drug-likeness (QED) is 0.127. The summed E-state index contributed by atoms with van der Waals surface area (Å²) in [6.45, 7) is 0.487. The highest BCUT2D eigenvalue weighted by Crippen LogP contribution is 2.48. The van der Waals surface area contributed by atoms with Crippen LogP contribution >= 0.6 is 0 Å². The van der Waals surface area contributed by atoms with E-state index in [9.17, 15) is 10.2 Å². The van der Waals surface area contributed by atoms with Gasteiger partial charge in [-0.05, 0) is 90.3 Å². The second-order valence-electron chi connectivity index (χ2n) is 17.2. The Hall–Kier alpha value is -7.53. The number of benzene rings is 10. The maximum Gasteiger partial charge on any atom is 0.132 e. The molecule has 0 radical (unpaired) electrons. The van der Waals surface area contributed by atoms with E-state index in [1.807, 2.05) is 24.4 Å². The fourth-order valence-corrected chi connectivity index (χ4v) is 10.2. The number of rotatable bonds is 9. The summed E-state index contributed by atoms with van der Waals surface area (Å²) in [5.41, 5.74) is 9.64. The van der Waals surface area contributed by atoms with Gasteiger partial charge in [-0.3, -0.25) is 4.99 Å². The molecule has 1 aliphatic carbocycles. The first-order valence-electron chi connectivity index (χ1n) is 22.5. The van der Waals surface area contributed by atoms with E-state index in [1.54, 1.807) is 0 Å². The number of nitrogens with one attached hydrogen (secondary N) is 1. The van der Waals surface area contributed by atoms with Gasteiger partial charge in [0, 0.05) is 52.2 Å². The Morgan fingerprint density at radius 1 is 0.453 bits per heavy atom. The summed E-state index contributed by atoms with van der Waals surface area (Å²) in [5.74, 6) is 0.528. The number of hydrogen-bond acceptors (Lipinski definition) is 4. The van der Waals surface area contributed by atoms with Crippen LogP contribution < -0.4 is 5.32 Å². The van der Waals surface area contributed by atoms with Crippen molar-refractivity contribution < 1.29 is 10.2 Å². The molecule has 4 heteroatoms. The van der Waals surface area contributed by atoms with Crippen molar-refractivity contribution in [2.45, 2.75) is 44.3 Å². The average molecular weight is 829 g/mol. The van der Waals surface area contributed by atoms with E-state index in [-0.39, 0.29) is 17.8 Å². The smallest absolute Gasteiger partial charge is 0.132 e. The summed E-state index contributed by atoms with van der Waals surface area (Å²) in [4.78, 5) is 5.30. The average Bonchev–Trinajstić information content (AvgIpc) is 3.35. The van der Waals surface area contributed by atoms with Crippen LogP contribution in [0.25, 0.3) is 87.6 Å². The third-order valence-corrected chi connectivity index (χ3v) is 13.4. The highest BCUT2D eigenvalue weighted by Gasteiger charge is 2.27. The van der Waals surface area contributed by atoms with Crippen LogP contribution in [0.5, 0.6) is 11.5 Å². The summed E-state index contributed by atoms with van der Waals surface area (Å²) in [6, 6.07) is 67.6. The Bertz CT molecular complexity index is 3380. The first kappa shape index (κ1) is 39.3. The lowest BCUT2D eigenvalue weighted by Gasteiger charge is -2.30. The van der Waals surface area contributed by atoms with Gasteiger partial charge in [0.25, 0.3) is 0 Å². The fourth-order valence-electron chi connectivity index (χ4n) is 10.2. The summed E-state index contributed by atoms with van der Waals surface area (Å²) in [5, 5.41) is 37.5. The summed E-state index contributed by atoms with van der Waals surface area (Å²) in [7, 11) is 0. The van der Waals surface area contributed by atoms with Crippen LogP contribution in [-0.4, -0.2) is 28.5 Å². The molecule has 0 aliphatic heterocycles. The van der Waals surface area contributed by atoms with Gasteiger partial charge in [0.1, 0.15) is 11.5 Å². The molecule has 1 fully saturated rings. The minimum Gasteiger partial charge on any atom is -0.507 e. The Labute approximate surface area is 373 Å². The van der Waals surface area contributed by atoms with Crippen LogP contribution in [0.3, 0.4) is 0 Å². The second-order valence-corrected chi connectivity index (χ2v) is 17.2. The van der Waals surface area contributed by atoms with Crippen LogP contribution in [0.15, 0.2) is 199 Å². The molecule has 0 aromatic heterocycles. The summed E-state index contributed by atoms with van der Waals surface area (Å²) < 4.78 is 0. The zero-order chi connectivity index (χ0) is 43.0. The number of phenolic OH excluding ortho intramolecular Hbond substituents is 2. The molecule has 10 aromatic carbocycles. The third-order valence-electron chi connectivity index (χ3n) is 13.4. The molecule has 11 rings (SSSR count). The van der Waals surface area contributed by atoms with Gasteiger partial charge in [-0.1, -0.05) is 195 Å². The Morgan fingerprint density at radius 2 is 0.906 bits per heavy atom. The highest BCUT2D eigenvalue weighted by atomic mass is 16.3. The molecule has 3 N–H and O–H groups in total. The van der Waals surface area contributed by atoms with E-state index in [1.165, 1.54) is 0 Å². The number of phenols is 2.